The van der Waals surface area contributed by atoms with Gasteiger partial charge in [0.15, 0.2) is 0 Å². The minimum atomic E-state index is -4.75. The van der Waals surface area contributed by atoms with Gasteiger partial charge in [-0.15, -0.1) is 13.2 Å². The fourth-order valence-corrected chi connectivity index (χ4v) is 2.68. The lowest BCUT2D eigenvalue weighted by Crippen LogP contribution is -2.47. The Hall–Kier alpha value is -2.45. The number of carboxylic acids is 1. The maximum Gasteiger partial charge on any atom is 0.573 e. The van der Waals surface area contributed by atoms with Crippen LogP contribution in [0.25, 0.3) is 0 Å². The normalized spacial score (nSPS) is 19.2. The predicted octanol–water partition coefficient (Wildman–Crippen LogP) is 3.15. The van der Waals surface area contributed by atoms with E-state index in [2.05, 4.69) is 10.1 Å². The van der Waals surface area contributed by atoms with Gasteiger partial charge in [-0.2, -0.15) is 0 Å². The molecule has 0 aliphatic carbocycles. The van der Waals surface area contributed by atoms with E-state index in [1.807, 2.05) is 0 Å². The third kappa shape index (κ3) is 5.54. The molecular weight excluding hydrogens is 341 g/mol. The van der Waals surface area contributed by atoms with E-state index in [-0.39, 0.29) is 12.3 Å². The number of halogens is 3. The number of benzene rings is 1. The van der Waals surface area contributed by atoms with Crippen molar-refractivity contribution in [3.8, 4) is 5.75 Å². The van der Waals surface area contributed by atoms with Crippen LogP contribution in [-0.4, -0.2) is 41.5 Å². The van der Waals surface area contributed by atoms with Gasteiger partial charge in [-0.05, 0) is 37.5 Å². The van der Waals surface area contributed by atoms with E-state index in [1.165, 1.54) is 29.2 Å². The molecule has 2 amide bonds. The maximum absolute atomic E-state index is 12.3. The number of nitrogens with one attached hydrogen (secondary N) is 1. The van der Waals surface area contributed by atoms with Gasteiger partial charge >= 0.3 is 18.4 Å². The fraction of sp³-hybridized carbons (Fsp3) is 0.500. The van der Waals surface area contributed by atoms with Gasteiger partial charge in [0.05, 0.1) is 12.0 Å². The summed E-state index contributed by atoms with van der Waals surface area (Å²) in [4.78, 5) is 24.7. The Morgan fingerprint density at radius 3 is 2.52 bits per heavy atom. The molecule has 0 spiro atoms. The molecule has 1 aromatic rings. The Labute approximate surface area is 142 Å². The summed E-state index contributed by atoms with van der Waals surface area (Å²) in [6.07, 6.45) is -3.60. The van der Waals surface area contributed by atoms with Crippen LogP contribution in [0.5, 0.6) is 5.75 Å². The van der Waals surface area contributed by atoms with Gasteiger partial charge in [0.25, 0.3) is 0 Å². The van der Waals surface area contributed by atoms with Gasteiger partial charge in [-0.1, -0.05) is 12.1 Å². The second kappa shape index (κ2) is 7.62. The van der Waals surface area contributed by atoms with E-state index in [0.29, 0.717) is 24.9 Å². The number of nitrogens with zero attached hydrogens (tertiary/aromatic N) is 1. The number of hydrogen-bond donors (Lipinski definition) is 2. The molecule has 0 saturated carbocycles. The third-order valence-electron chi connectivity index (χ3n) is 4.01. The van der Waals surface area contributed by atoms with E-state index in [0.717, 1.165) is 0 Å². The highest BCUT2D eigenvalue weighted by Gasteiger charge is 2.31. The van der Waals surface area contributed by atoms with Crippen LogP contribution >= 0.6 is 0 Å². The van der Waals surface area contributed by atoms with Gasteiger partial charge < -0.3 is 20.1 Å². The van der Waals surface area contributed by atoms with Crippen LogP contribution in [0.3, 0.4) is 0 Å². The lowest BCUT2D eigenvalue weighted by molar-refractivity contribution is -0.274. The number of urea groups is 1. The lowest BCUT2D eigenvalue weighted by atomic mass is 9.98. The van der Waals surface area contributed by atoms with Crippen molar-refractivity contribution in [1.29, 1.82) is 0 Å². The van der Waals surface area contributed by atoms with Crippen LogP contribution in [-0.2, 0) is 4.79 Å². The molecule has 1 aliphatic heterocycles. The molecule has 6 nitrogen and oxygen atoms in total. The molecule has 25 heavy (non-hydrogen) atoms. The summed E-state index contributed by atoms with van der Waals surface area (Å²) in [7, 11) is 0. The lowest BCUT2D eigenvalue weighted by Gasteiger charge is -2.31. The molecule has 2 rings (SSSR count). The molecular formula is C16H19F3N2O4. The number of carboxylic acid groups (broad SMARTS) is 1. The van der Waals surface area contributed by atoms with Gasteiger partial charge in [0.1, 0.15) is 5.75 Å². The minimum absolute atomic E-state index is 0.145. The summed E-state index contributed by atoms with van der Waals surface area (Å²) in [5.74, 6) is -1.84. The largest absolute Gasteiger partial charge is 0.573 e. The highest BCUT2D eigenvalue weighted by Crippen LogP contribution is 2.24. The molecule has 0 bridgehead atoms. The zero-order chi connectivity index (χ0) is 18.6. The summed E-state index contributed by atoms with van der Waals surface area (Å²) in [5.41, 5.74) is 0.606. The van der Waals surface area contributed by atoms with Crippen LogP contribution in [0.2, 0.25) is 0 Å². The first-order valence-corrected chi connectivity index (χ1v) is 7.79. The number of likely N-dealkylation sites (tertiary alicyclic amines) is 1. The number of carbonyl (C=O) groups excluding carboxylic acids is 1. The highest BCUT2D eigenvalue weighted by atomic mass is 19.4. The zero-order valence-corrected chi connectivity index (χ0v) is 13.5. The van der Waals surface area contributed by atoms with Crippen molar-refractivity contribution < 1.29 is 32.6 Å². The number of alkyl halides is 3. The molecule has 1 fully saturated rings. The first-order chi connectivity index (χ1) is 11.7. The average Bonchev–Trinajstić information content (AvgIpc) is 2.54. The second-order valence-corrected chi connectivity index (χ2v) is 5.91. The summed E-state index contributed by atoms with van der Waals surface area (Å²) in [6, 6.07) is 4.37. The zero-order valence-electron chi connectivity index (χ0n) is 13.5. The molecule has 1 unspecified atom stereocenters. The summed E-state index contributed by atoms with van der Waals surface area (Å²) in [5, 5.41) is 11.8. The number of aliphatic carboxylic acids is 1. The van der Waals surface area contributed by atoms with Crippen LogP contribution in [0.15, 0.2) is 24.3 Å². The fourth-order valence-electron chi connectivity index (χ4n) is 2.68. The maximum atomic E-state index is 12.3. The quantitative estimate of drug-likeness (QED) is 0.865. The van der Waals surface area contributed by atoms with Gasteiger partial charge in [0.2, 0.25) is 0 Å². The van der Waals surface area contributed by atoms with Crippen LogP contribution in [0, 0.1) is 5.92 Å². The van der Waals surface area contributed by atoms with Gasteiger partial charge in [-0.25, -0.2) is 4.79 Å². The molecule has 0 aromatic heterocycles. The summed E-state index contributed by atoms with van der Waals surface area (Å²) < 4.78 is 40.2. The van der Waals surface area contributed by atoms with Gasteiger partial charge in [0, 0.05) is 13.1 Å². The second-order valence-electron chi connectivity index (χ2n) is 5.91. The number of ether oxygens (including phenoxy) is 1. The van der Waals surface area contributed by atoms with Crippen molar-refractivity contribution in [3.05, 3.63) is 29.8 Å². The Morgan fingerprint density at radius 2 is 1.96 bits per heavy atom. The number of carbonyl (C=O) groups is 2. The van der Waals surface area contributed by atoms with Crippen molar-refractivity contribution in [2.45, 2.75) is 32.2 Å². The molecule has 2 atom stereocenters. The first kappa shape index (κ1) is 18.9. The topological polar surface area (TPSA) is 78.9 Å². The molecule has 9 heteroatoms. The van der Waals surface area contributed by atoms with Gasteiger partial charge in [-0.3, -0.25) is 4.79 Å². The molecule has 1 saturated heterocycles. The van der Waals surface area contributed by atoms with E-state index >= 15 is 0 Å². The van der Waals surface area contributed by atoms with E-state index < -0.39 is 30.3 Å². The predicted molar refractivity (Wildman–Crippen MR) is 82.0 cm³/mol. The average molecular weight is 360 g/mol. The molecule has 138 valence electrons. The Bertz CT molecular complexity index is 619. The van der Waals surface area contributed by atoms with Crippen LogP contribution in [0.4, 0.5) is 18.0 Å². The molecule has 1 heterocycles. The monoisotopic (exact) mass is 360 g/mol. The summed E-state index contributed by atoms with van der Waals surface area (Å²) >= 11 is 0. The van der Waals surface area contributed by atoms with E-state index in [4.69, 9.17) is 5.11 Å². The minimum Gasteiger partial charge on any atom is -0.481 e. The van der Waals surface area contributed by atoms with Crippen molar-refractivity contribution in [3.63, 3.8) is 0 Å². The standard InChI is InChI=1S/C16H19F3N2O4/c1-10(11-4-6-13(7-5-11)25-16(17,18)19)20-15(24)21-8-2-3-12(9-21)14(22)23/h4-7,10,12H,2-3,8-9H2,1H3,(H,20,24)(H,22,23)/t10-,12?/m0/s1. The SMILES string of the molecule is C[C@H](NC(=O)N1CCCC(C(=O)O)C1)c1ccc(OC(F)(F)F)cc1. The molecule has 0 radical (unpaired) electrons. The summed E-state index contributed by atoms with van der Waals surface area (Å²) in [6.45, 7) is 2.31. The number of piperidine rings is 1. The van der Waals surface area contributed by atoms with Crippen LogP contribution < -0.4 is 10.1 Å². The first-order valence-electron chi connectivity index (χ1n) is 7.79. The Morgan fingerprint density at radius 1 is 1.32 bits per heavy atom. The highest BCUT2D eigenvalue weighted by molar-refractivity contribution is 5.77. The Balaban J connectivity index is 1.93. The Kier molecular flexibility index (Phi) is 5.76. The van der Waals surface area contributed by atoms with Crippen molar-refractivity contribution in [2.24, 2.45) is 5.92 Å². The number of rotatable bonds is 4. The molecule has 2 N–H and O–H groups in total. The van der Waals surface area contributed by atoms with Crippen molar-refractivity contribution in [2.75, 3.05) is 13.1 Å². The smallest absolute Gasteiger partial charge is 0.481 e. The van der Waals surface area contributed by atoms with Crippen molar-refractivity contribution >= 4 is 12.0 Å². The number of hydrogen-bond acceptors (Lipinski definition) is 3. The van der Waals surface area contributed by atoms with E-state index in [1.54, 1.807) is 6.92 Å². The van der Waals surface area contributed by atoms with Crippen LogP contribution in [0.1, 0.15) is 31.4 Å². The van der Waals surface area contributed by atoms with E-state index in [9.17, 15) is 22.8 Å². The van der Waals surface area contributed by atoms with Crippen molar-refractivity contribution in [1.82, 2.24) is 10.2 Å². The third-order valence-corrected chi connectivity index (χ3v) is 4.01. The molecule has 1 aliphatic rings. The molecule has 1 aromatic carbocycles. The number of amides is 2.